The summed E-state index contributed by atoms with van der Waals surface area (Å²) >= 11 is 0. The van der Waals surface area contributed by atoms with Gasteiger partial charge in [0.15, 0.2) is 0 Å². The summed E-state index contributed by atoms with van der Waals surface area (Å²) in [6.45, 7) is 12.4. The van der Waals surface area contributed by atoms with Crippen molar-refractivity contribution in [3.63, 3.8) is 0 Å². The molecule has 3 nitrogen and oxygen atoms in total. The molecule has 112 valence electrons. The van der Waals surface area contributed by atoms with E-state index in [9.17, 15) is 0 Å². The first kappa shape index (κ1) is 15.3. The number of hydrogen-bond acceptors (Lipinski definition) is 3. The average molecular weight is 268 g/mol. The van der Waals surface area contributed by atoms with E-state index in [2.05, 4.69) is 32.6 Å². The van der Waals surface area contributed by atoms with Gasteiger partial charge in [0.05, 0.1) is 12.2 Å². The summed E-state index contributed by atoms with van der Waals surface area (Å²) in [6, 6.07) is 0. The lowest BCUT2D eigenvalue weighted by atomic mass is 9.82. The highest BCUT2D eigenvalue weighted by atomic mass is 16.5. The minimum Gasteiger partial charge on any atom is -0.375 e. The van der Waals surface area contributed by atoms with Gasteiger partial charge < -0.3 is 10.5 Å². The molecule has 19 heavy (non-hydrogen) atoms. The van der Waals surface area contributed by atoms with Crippen LogP contribution in [-0.2, 0) is 4.74 Å². The highest BCUT2D eigenvalue weighted by molar-refractivity contribution is 4.98. The molecule has 3 heteroatoms. The van der Waals surface area contributed by atoms with Crippen LogP contribution in [0.1, 0.15) is 59.8 Å². The normalized spacial score (nSPS) is 40.9. The Kier molecular flexibility index (Phi) is 4.59. The van der Waals surface area contributed by atoms with Crippen LogP contribution in [0.25, 0.3) is 0 Å². The number of hydrogen-bond donors (Lipinski definition) is 1. The van der Waals surface area contributed by atoms with E-state index in [0.29, 0.717) is 17.6 Å². The number of nitrogens with two attached hydrogens (primary N) is 1. The Morgan fingerprint density at radius 1 is 1.11 bits per heavy atom. The summed E-state index contributed by atoms with van der Waals surface area (Å²) in [5, 5.41) is 0. The number of likely N-dealkylation sites (tertiary alicyclic amines) is 1. The first-order chi connectivity index (χ1) is 8.87. The second-order valence-corrected chi connectivity index (χ2v) is 7.60. The first-order valence-electron chi connectivity index (χ1n) is 7.97. The Morgan fingerprint density at radius 2 is 1.74 bits per heavy atom. The molecule has 0 aliphatic carbocycles. The van der Waals surface area contributed by atoms with Crippen LogP contribution in [-0.4, -0.2) is 42.3 Å². The molecule has 2 heterocycles. The lowest BCUT2D eigenvalue weighted by Gasteiger charge is -2.49. The second-order valence-electron chi connectivity index (χ2n) is 7.60. The SMILES string of the molecule is CC1CC(CN)(N2CCCC(C)(C)CC2)CC(C)O1. The fourth-order valence-electron chi connectivity index (χ4n) is 4.10. The van der Waals surface area contributed by atoms with Gasteiger partial charge >= 0.3 is 0 Å². The van der Waals surface area contributed by atoms with E-state index >= 15 is 0 Å². The van der Waals surface area contributed by atoms with Crippen molar-refractivity contribution in [2.75, 3.05) is 19.6 Å². The molecule has 0 bridgehead atoms. The quantitative estimate of drug-likeness (QED) is 0.837. The Morgan fingerprint density at radius 3 is 2.32 bits per heavy atom. The molecule has 2 fully saturated rings. The van der Waals surface area contributed by atoms with E-state index in [0.717, 1.165) is 19.4 Å². The van der Waals surface area contributed by atoms with Crippen molar-refractivity contribution in [2.45, 2.75) is 77.5 Å². The molecule has 2 rings (SSSR count). The summed E-state index contributed by atoms with van der Waals surface area (Å²) in [5.41, 5.74) is 6.89. The van der Waals surface area contributed by atoms with Crippen molar-refractivity contribution in [1.29, 1.82) is 0 Å². The van der Waals surface area contributed by atoms with Gasteiger partial charge in [-0.1, -0.05) is 13.8 Å². The van der Waals surface area contributed by atoms with Crippen molar-refractivity contribution in [3.8, 4) is 0 Å². The largest absolute Gasteiger partial charge is 0.375 e. The van der Waals surface area contributed by atoms with E-state index in [1.165, 1.54) is 32.4 Å². The van der Waals surface area contributed by atoms with Crippen LogP contribution in [0.4, 0.5) is 0 Å². The Bertz CT molecular complexity index is 293. The molecule has 2 unspecified atom stereocenters. The van der Waals surface area contributed by atoms with Crippen molar-refractivity contribution in [1.82, 2.24) is 4.90 Å². The summed E-state index contributed by atoms with van der Waals surface area (Å²) in [6.07, 6.45) is 6.79. The molecule has 0 saturated carbocycles. The summed E-state index contributed by atoms with van der Waals surface area (Å²) in [7, 11) is 0. The van der Waals surface area contributed by atoms with Gasteiger partial charge in [-0.25, -0.2) is 0 Å². The smallest absolute Gasteiger partial charge is 0.0568 e. The molecule has 2 N–H and O–H groups in total. The van der Waals surface area contributed by atoms with Gasteiger partial charge in [0, 0.05) is 12.1 Å². The monoisotopic (exact) mass is 268 g/mol. The van der Waals surface area contributed by atoms with Crippen LogP contribution >= 0.6 is 0 Å². The molecule has 0 aromatic heterocycles. The van der Waals surface area contributed by atoms with Gasteiger partial charge in [-0.05, 0) is 64.5 Å². The summed E-state index contributed by atoms with van der Waals surface area (Å²) < 4.78 is 5.92. The van der Waals surface area contributed by atoms with Crippen LogP contribution in [0.5, 0.6) is 0 Å². The van der Waals surface area contributed by atoms with Gasteiger partial charge in [0.1, 0.15) is 0 Å². The molecule has 0 spiro atoms. The highest BCUT2D eigenvalue weighted by Crippen LogP contribution is 2.38. The van der Waals surface area contributed by atoms with Gasteiger partial charge in [0.2, 0.25) is 0 Å². The standard InChI is InChI=1S/C16H32N2O/c1-13-10-16(12-17,11-14(2)19-13)18-8-5-6-15(3,4)7-9-18/h13-14H,5-12,17H2,1-4H3. The van der Waals surface area contributed by atoms with Gasteiger partial charge in [0.25, 0.3) is 0 Å². The summed E-state index contributed by atoms with van der Waals surface area (Å²) in [4.78, 5) is 2.69. The Hall–Kier alpha value is -0.120. The van der Waals surface area contributed by atoms with Crippen molar-refractivity contribution >= 4 is 0 Å². The molecule has 0 radical (unpaired) electrons. The maximum Gasteiger partial charge on any atom is 0.0568 e. The average Bonchev–Trinajstić information content (AvgIpc) is 2.49. The first-order valence-corrected chi connectivity index (χ1v) is 7.97. The Labute approximate surface area is 118 Å². The van der Waals surface area contributed by atoms with Crippen LogP contribution < -0.4 is 5.73 Å². The fraction of sp³-hybridized carbons (Fsp3) is 1.00. The third kappa shape index (κ3) is 3.50. The highest BCUT2D eigenvalue weighted by Gasteiger charge is 2.43. The molecule has 0 aromatic rings. The molecular weight excluding hydrogens is 236 g/mol. The van der Waals surface area contributed by atoms with Crippen LogP contribution in [0.15, 0.2) is 0 Å². The van der Waals surface area contributed by atoms with E-state index in [-0.39, 0.29) is 5.54 Å². The minimum atomic E-state index is 0.178. The van der Waals surface area contributed by atoms with E-state index in [1.54, 1.807) is 0 Å². The zero-order valence-electron chi connectivity index (χ0n) is 13.2. The predicted octanol–water partition coefficient (Wildman–Crippen LogP) is 2.78. The van der Waals surface area contributed by atoms with E-state index in [1.807, 2.05) is 0 Å². The molecule has 2 atom stereocenters. The van der Waals surface area contributed by atoms with Crippen molar-refractivity contribution in [3.05, 3.63) is 0 Å². The molecule has 0 amide bonds. The third-order valence-electron chi connectivity index (χ3n) is 5.19. The van der Waals surface area contributed by atoms with Crippen LogP contribution in [0, 0.1) is 5.41 Å². The molecule has 2 aliphatic rings. The van der Waals surface area contributed by atoms with Crippen molar-refractivity contribution < 1.29 is 4.74 Å². The number of ether oxygens (including phenoxy) is 1. The molecule has 2 saturated heterocycles. The number of rotatable bonds is 2. The van der Waals surface area contributed by atoms with Crippen LogP contribution in [0.3, 0.4) is 0 Å². The summed E-state index contributed by atoms with van der Waals surface area (Å²) in [5.74, 6) is 0. The topological polar surface area (TPSA) is 38.5 Å². The van der Waals surface area contributed by atoms with Crippen LogP contribution in [0.2, 0.25) is 0 Å². The fourth-order valence-corrected chi connectivity index (χ4v) is 4.10. The maximum atomic E-state index is 6.21. The van der Waals surface area contributed by atoms with E-state index in [4.69, 9.17) is 10.5 Å². The molecular formula is C16H32N2O. The molecule has 2 aliphatic heterocycles. The molecule has 0 aromatic carbocycles. The lowest BCUT2D eigenvalue weighted by Crippen LogP contribution is -2.60. The van der Waals surface area contributed by atoms with E-state index < -0.39 is 0 Å². The predicted molar refractivity (Wildman–Crippen MR) is 80.2 cm³/mol. The van der Waals surface area contributed by atoms with Gasteiger partial charge in [-0.15, -0.1) is 0 Å². The minimum absolute atomic E-state index is 0.178. The van der Waals surface area contributed by atoms with Gasteiger partial charge in [-0.3, -0.25) is 4.90 Å². The zero-order chi connectivity index (χ0) is 14.1. The lowest BCUT2D eigenvalue weighted by molar-refractivity contribution is -0.103. The second kappa shape index (κ2) is 5.71. The van der Waals surface area contributed by atoms with Crippen molar-refractivity contribution in [2.24, 2.45) is 11.1 Å². The van der Waals surface area contributed by atoms with Gasteiger partial charge in [-0.2, -0.15) is 0 Å². The zero-order valence-corrected chi connectivity index (χ0v) is 13.2. The maximum absolute atomic E-state index is 6.21. The number of nitrogens with zero attached hydrogens (tertiary/aromatic N) is 1. The Balaban J connectivity index is 2.12. The third-order valence-corrected chi connectivity index (χ3v) is 5.19.